The quantitative estimate of drug-likeness (QED) is 0.706. The van der Waals surface area contributed by atoms with Gasteiger partial charge in [0.25, 0.3) is 0 Å². The molecule has 0 bridgehead atoms. The van der Waals surface area contributed by atoms with Crippen molar-refractivity contribution in [1.29, 1.82) is 0 Å². The SMILES string of the molecule is O=C1C=C(NCC2CCC(O)C2)CC1. The number of nitrogens with one attached hydrogen (secondary N) is 1. The normalized spacial score (nSPS) is 32.1. The number of hydrogen-bond donors (Lipinski definition) is 2. The highest BCUT2D eigenvalue weighted by atomic mass is 16.3. The molecule has 2 N–H and O–H groups in total. The second kappa shape index (κ2) is 4.13. The van der Waals surface area contributed by atoms with Gasteiger partial charge in [-0.15, -0.1) is 0 Å². The van der Waals surface area contributed by atoms with Crippen LogP contribution in [0.15, 0.2) is 11.8 Å². The molecule has 2 rings (SSSR count). The molecular weight excluding hydrogens is 178 g/mol. The van der Waals surface area contributed by atoms with Crippen molar-refractivity contribution in [3.05, 3.63) is 11.8 Å². The molecule has 14 heavy (non-hydrogen) atoms. The van der Waals surface area contributed by atoms with Crippen molar-refractivity contribution >= 4 is 5.78 Å². The van der Waals surface area contributed by atoms with E-state index in [-0.39, 0.29) is 11.9 Å². The third kappa shape index (κ3) is 2.35. The van der Waals surface area contributed by atoms with Gasteiger partial charge in [0.15, 0.2) is 5.78 Å². The summed E-state index contributed by atoms with van der Waals surface area (Å²) in [6.07, 6.45) is 6.10. The summed E-state index contributed by atoms with van der Waals surface area (Å²) < 4.78 is 0. The second-order valence-electron chi connectivity index (χ2n) is 4.35. The first-order valence-corrected chi connectivity index (χ1v) is 5.39. The minimum Gasteiger partial charge on any atom is -0.393 e. The van der Waals surface area contributed by atoms with Gasteiger partial charge in [-0.2, -0.15) is 0 Å². The Morgan fingerprint density at radius 1 is 1.43 bits per heavy atom. The van der Waals surface area contributed by atoms with Crippen LogP contribution in [0.3, 0.4) is 0 Å². The Morgan fingerprint density at radius 2 is 2.29 bits per heavy atom. The zero-order chi connectivity index (χ0) is 9.97. The summed E-state index contributed by atoms with van der Waals surface area (Å²) in [7, 11) is 0. The van der Waals surface area contributed by atoms with Crippen molar-refractivity contribution < 1.29 is 9.90 Å². The summed E-state index contributed by atoms with van der Waals surface area (Å²) in [4.78, 5) is 10.9. The lowest BCUT2D eigenvalue weighted by Gasteiger charge is -2.12. The summed E-state index contributed by atoms with van der Waals surface area (Å²) in [5.74, 6) is 0.820. The summed E-state index contributed by atoms with van der Waals surface area (Å²) in [6, 6.07) is 0. The van der Waals surface area contributed by atoms with Crippen molar-refractivity contribution in [3.63, 3.8) is 0 Å². The molecule has 0 saturated heterocycles. The van der Waals surface area contributed by atoms with Crippen LogP contribution < -0.4 is 5.32 Å². The molecule has 0 radical (unpaired) electrons. The van der Waals surface area contributed by atoms with Crippen LogP contribution in [0.25, 0.3) is 0 Å². The van der Waals surface area contributed by atoms with E-state index in [2.05, 4.69) is 5.32 Å². The fourth-order valence-corrected chi connectivity index (χ4v) is 2.25. The lowest BCUT2D eigenvalue weighted by Crippen LogP contribution is -2.20. The summed E-state index contributed by atoms with van der Waals surface area (Å²) in [5, 5.41) is 12.6. The molecule has 2 unspecified atom stereocenters. The average Bonchev–Trinajstić information content (AvgIpc) is 2.72. The van der Waals surface area contributed by atoms with E-state index >= 15 is 0 Å². The Hall–Kier alpha value is -0.830. The molecule has 0 spiro atoms. The van der Waals surface area contributed by atoms with Gasteiger partial charge in [0.1, 0.15) is 0 Å². The zero-order valence-corrected chi connectivity index (χ0v) is 8.33. The van der Waals surface area contributed by atoms with E-state index in [0.29, 0.717) is 12.3 Å². The maximum atomic E-state index is 10.9. The number of ketones is 1. The van der Waals surface area contributed by atoms with Crippen LogP contribution in [0.5, 0.6) is 0 Å². The fourth-order valence-electron chi connectivity index (χ4n) is 2.25. The first kappa shape index (κ1) is 9.71. The van der Waals surface area contributed by atoms with Gasteiger partial charge in [0.05, 0.1) is 6.10 Å². The first-order valence-electron chi connectivity index (χ1n) is 5.39. The van der Waals surface area contributed by atoms with Crippen molar-refractivity contribution in [2.45, 2.75) is 38.2 Å². The lowest BCUT2D eigenvalue weighted by molar-refractivity contribution is -0.114. The molecule has 0 aliphatic heterocycles. The van der Waals surface area contributed by atoms with Crippen molar-refractivity contribution in [3.8, 4) is 0 Å². The van der Waals surface area contributed by atoms with Crippen LogP contribution in [-0.2, 0) is 4.79 Å². The van der Waals surface area contributed by atoms with Crippen molar-refractivity contribution in [2.24, 2.45) is 5.92 Å². The first-order chi connectivity index (χ1) is 6.74. The standard InChI is InChI=1S/C11H17NO2/c13-10-3-1-8(5-10)7-12-9-2-4-11(14)6-9/h6,8,10,12-13H,1-5,7H2. The average molecular weight is 195 g/mol. The Labute approximate surface area is 84.2 Å². The largest absolute Gasteiger partial charge is 0.393 e. The third-order valence-corrected chi connectivity index (χ3v) is 3.11. The number of allylic oxidation sites excluding steroid dienone is 2. The van der Waals surface area contributed by atoms with E-state index in [0.717, 1.165) is 37.9 Å². The highest BCUT2D eigenvalue weighted by Crippen LogP contribution is 2.25. The minimum atomic E-state index is -0.0963. The van der Waals surface area contributed by atoms with Crippen LogP contribution in [0.1, 0.15) is 32.1 Å². The van der Waals surface area contributed by atoms with E-state index in [9.17, 15) is 9.90 Å². The molecule has 1 saturated carbocycles. The number of carbonyl (C=O) groups is 1. The monoisotopic (exact) mass is 195 g/mol. The van der Waals surface area contributed by atoms with Crippen molar-refractivity contribution in [1.82, 2.24) is 5.32 Å². The fraction of sp³-hybridized carbons (Fsp3) is 0.727. The van der Waals surface area contributed by atoms with Crippen LogP contribution >= 0.6 is 0 Å². The highest BCUT2D eigenvalue weighted by Gasteiger charge is 2.23. The van der Waals surface area contributed by atoms with Crippen LogP contribution in [0.4, 0.5) is 0 Å². The number of hydrogen-bond acceptors (Lipinski definition) is 3. The zero-order valence-electron chi connectivity index (χ0n) is 8.33. The molecule has 3 heteroatoms. The van der Waals surface area contributed by atoms with Gasteiger partial charge in [-0.3, -0.25) is 4.79 Å². The molecule has 78 valence electrons. The predicted molar refractivity (Wildman–Crippen MR) is 53.7 cm³/mol. The molecule has 3 nitrogen and oxygen atoms in total. The molecule has 0 aromatic carbocycles. The summed E-state index contributed by atoms with van der Waals surface area (Å²) in [5.41, 5.74) is 1.08. The maximum absolute atomic E-state index is 10.9. The van der Waals surface area contributed by atoms with E-state index in [1.54, 1.807) is 6.08 Å². The smallest absolute Gasteiger partial charge is 0.157 e. The van der Waals surface area contributed by atoms with E-state index in [4.69, 9.17) is 0 Å². The maximum Gasteiger partial charge on any atom is 0.157 e. The van der Waals surface area contributed by atoms with Crippen LogP contribution in [-0.4, -0.2) is 23.5 Å². The lowest BCUT2D eigenvalue weighted by atomic mass is 10.1. The molecule has 2 atom stereocenters. The Bertz CT molecular complexity index is 260. The van der Waals surface area contributed by atoms with Gasteiger partial charge in [0.2, 0.25) is 0 Å². The molecule has 0 aromatic heterocycles. The van der Waals surface area contributed by atoms with Gasteiger partial charge >= 0.3 is 0 Å². The summed E-state index contributed by atoms with van der Waals surface area (Å²) in [6.45, 7) is 0.913. The van der Waals surface area contributed by atoms with Crippen molar-refractivity contribution in [2.75, 3.05) is 6.54 Å². The van der Waals surface area contributed by atoms with Gasteiger partial charge in [-0.25, -0.2) is 0 Å². The molecule has 2 aliphatic carbocycles. The Kier molecular flexibility index (Phi) is 2.87. The van der Waals surface area contributed by atoms with E-state index in [1.807, 2.05) is 0 Å². The number of aliphatic hydroxyl groups excluding tert-OH is 1. The van der Waals surface area contributed by atoms with Gasteiger partial charge < -0.3 is 10.4 Å². The van der Waals surface area contributed by atoms with Crippen LogP contribution in [0.2, 0.25) is 0 Å². The molecule has 0 heterocycles. The molecule has 0 aromatic rings. The number of rotatable bonds is 3. The number of aliphatic hydroxyl groups is 1. The van der Waals surface area contributed by atoms with Crippen LogP contribution in [0, 0.1) is 5.92 Å². The minimum absolute atomic E-state index is 0.0963. The number of carbonyl (C=O) groups excluding carboxylic acids is 1. The van der Waals surface area contributed by atoms with E-state index < -0.39 is 0 Å². The molecule has 0 amide bonds. The Balaban J connectivity index is 1.72. The highest BCUT2D eigenvalue weighted by molar-refractivity contribution is 5.92. The third-order valence-electron chi connectivity index (χ3n) is 3.11. The topological polar surface area (TPSA) is 49.3 Å². The molecule has 1 fully saturated rings. The molecule has 2 aliphatic rings. The Morgan fingerprint density at radius 3 is 2.86 bits per heavy atom. The van der Waals surface area contributed by atoms with Gasteiger partial charge in [-0.05, 0) is 31.6 Å². The second-order valence-corrected chi connectivity index (χ2v) is 4.35. The molecular formula is C11H17NO2. The van der Waals surface area contributed by atoms with Gasteiger partial charge in [0, 0.05) is 24.7 Å². The summed E-state index contributed by atoms with van der Waals surface area (Å²) >= 11 is 0. The van der Waals surface area contributed by atoms with E-state index in [1.165, 1.54) is 0 Å². The van der Waals surface area contributed by atoms with Gasteiger partial charge in [-0.1, -0.05) is 0 Å². The predicted octanol–water partition coefficient (Wildman–Crippen LogP) is 0.984.